The molecule has 136 valence electrons. The SMILES string of the molecule is CCOC(=O)[C@@]1(C)C[C@H](c2ccccc2[N+](=O)[O-])N(c2ccccc2)O1. The van der Waals surface area contributed by atoms with Crippen LogP contribution < -0.4 is 5.06 Å². The molecule has 1 aliphatic rings. The molecule has 0 amide bonds. The zero-order valence-electron chi connectivity index (χ0n) is 14.6. The van der Waals surface area contributed by atoms with Crippen molar-refractivity contribution in [1.29, 1.82) is 0 Å². The number of ether oxygens (including phenoxy) is 1. The predicted molar refractivity (Wildman–Crippen MR) is 95.5 cm³/mol. The summed E-state index contributed by atoms with van der Waals surface area (Å²) in [5.74, 6) is -0.484. The van der Waals surface area contributed by atoms with Crippen molar-refractivity contribution in [1.82, 2.24) is 0 Å². The quantitative estimate of drug-likeness (QED) is 0.460. The lowest BCUT2D eigenvalue weighted by Gasteiger charge is -2.26. The molecule has 0 spiro atoms. The summed E-state index contributed by atoms with van der Waals surface area (Å²) in [4.78, 5) is 29.5. The molecule has 2 atom stereocenters. The number of anilines is 1. The van der Waals surface area contributed by atoms with Gasteiger partial charge in [0.15, 0.2) is 5.60 Å². The second kappa shape index (κ2) is 7.13. The van der Waals surface area contributed by atoms with Crippen LogP contribution in [0.1, 0.15) is 31.9 Å². The fourth-order valence-corrected chi connectivity index (χ4v) is 3.15. The number of para-hydroxylation sites is 2. The van der Waals surface area contributed by atoms with E-state index >= 15 is 0 Å². The number of carbonyl (C=O) groups excluding carboxylic acids is 1. The van der Waals surface area contributed by atoms with Gasteiger partial charge in [-0.05, 0) is 32.0 Å². The molecule has 7 heteroatoms. The van der Waals surface area contributed by atoms with Gasteiger partial charge >= 0.3 is 5.97 Å². The van der Waals surface area contributed by atoms with Crippen molar-refractivity contribution < 1.29 is 19.3 Å². The molecule has 0 aliphatic carbocycles. The predicted octanol–water partition coefficient (Wildman–Crippen LogP) is 3.80. The molecule has 0 N–H and O–H groups in total. The second-order valence-electron chi connectivity index (χ2n) is 6.24. The van der Waals surface area contributed by atoms with Gasteiger partial charge in [-0.25, -0.2) is 9.86 Å². The molecular weight excluding hydrogens is 336 g/mol. The summed E-state index contributed by atoms with van der Waals surface area (Å²) in [5, 5.41) is 13.0. The first kappa shape index (κ1) is 17.9. The van der Waals surface area contributed by atoms with E-state index in [9.17, 15) is 14.9 Å². The average Bonchev–Trinajstić information content (AvgIpc) is 3.02. The number of benzene rings is 2. The van der Waals surface area contributed by atoms with Crippen LogP contribution in [-0.4, -0.2) is 23.1 Å². The number of hydroxylamine groups is 1. The molecule has 2 aromatic rings. The van der Waals surface area contributed by atoms with Crippen LogP contribution in [0.25, 0.3) is 0 Å². The number of nitrogens with zero attached hydrogens (tertiary/aromatic N) is 2. The zero-order valence-corrected chi connectivity index (χ0v) is 14.6. The van der Waals surface area contributed by atoms with Crippen LogP contribution >= 0.6 is 0 Å². The summed E-state index contributed by atoms with van der Waals surface area (Å²) in [6.45, 7) is 3.61. The molecule has 1 heterocycles. The molecule has 0 unspecified atom stereocenters. The Hall–Kier alpha value is -2.93. The van der Waals surface area contributed by atoms with Crippen LogP contribution in [0.4, 0.5) is 11.4 Å². The minimum atomic E-state index is -1.22. The number of hydrogen-bond donors (Lipinski definition) is 0. The molecule has 1 saturated heterocycles. The monoisotopic (exact) mass is 356 g/mol. The Morgan fingerprint density at radius 1 is 1.27 bits per heavy atom. The molecule has 7 nitrogen and oxygen atoms in total. The molecule has 0 radical (unpaired) electrons. The molecule has 1 fully saturated rings. The van der Waals surface area contributed by atoms with Crippen molar-refractivity contribution in [3.63, 3.8) is 0 Å². The third-order valence-electron chi connectivity index (χ3n) is 4.38. The fourth-order valence-electron chi connectivity index (χ4n) is 3.15. The van der Waals surface area contributed by atoms with E-state index in [1.807, 2.05) is 30.3 Å². The van der Waals surface area contributed by atoms with Crippen LogP contribution in [0.2, 0.25) is 0 Å². The first-order valence-electron chi connectivity index (χ1n) is 8.40. The highest BCUT2D eigenvalue weighted by atomic mass is 16.7. The topological polar surface area (TPSA) is 81.9 Å². The average molecular weight is 356 g/mol. The minimum absolute atomic E-state index is 0.00450. The normalized spacial score (nSPS) is 22.2. The van der Waals surface area contributed by atoms with Crippen molar-refractivity contribution >= 4 is 17.3 Å². The van der Waals surface area contributed by atoms with E-state index in [1.165, 1.54) is 6.07 Å². The van der Waals surface area contributed by atoms with Gasteiger partial charge in [0.1, 0.15) is 0 Å². The zero-order chi connectivity index (χ0) is 18.7. The summed E-state index contributed by atoms with van der Waals surface area (Å²) in [6, 6.07) is 15.2. The molecular formula is C19H20N2O5. The van der Waals surface area contributed by atoms with Crippen LogP contribution in [0.15, 0.2) is 54.6 Å². The van der Waals surface area contributed by atoms with E-state index in [-0.39, 0.29) is 18.7 Å². The molecule has 26 heavy (non-hydrogen) atoms. The Bertz CT molecular complexity index is 811. The van der Waals surface area contributed by atoms with Gasteiger partial charge in [0, 0.05) is 12.5 Å². The maximum absolute atomic E-state index is 12.4. The van der Waals surface area contributed by atoms with E-state index in [0.717, 1.165) is 0 Å². The van der Waals surface area contributed by atoms with Gasteiger partial charge in [-0.3, -0.25) is 15.0 Å². The number of nitro groups is 1. The molecule has 3 rings (SSSR count). The molecule has 1 aliphatic heterocycles. The van der Waals surface area contributed by atoms with Gasteiger partial charge in [-0.1, -0.05) is 30.3 Å². The van der Waals surface area contributed by atoms with Gasteiger partial charge in [0.2, 0.25) is 0 Å². The maximum Gasteiger partial charge on any atom is 0.340 e. The summed E-state index contributed by atoms with van der Waals surface area (Å²) >= 11 is 0. The summed E-state index contributed by atoms with van der Waals surface area (Å²) in [7, 11) is 0. The van der Waals surface area contributed by atoms with Crippen molar-refractivity contribution in [3.8, 4) is 0 Å². The number of rotatable bonds is 5. The Balaban J connectivity index is 2.06. The van der Waals surface area contributed by atoms with E-state index in [4.69, 9.17) is 9.57 Å². The first-order valence-corrected chi connectivity index (χ1v) is 8.40. The molecule has 0 aromatic heterocycles. The molecule has 2 aromatic carbocycles. The lowest BCUT2D eigenvalue weighted by Crippen LogP contribution is -2.38. The number of hydrogen-bond acceptors (Lipinski definition) is 6. The summed E-state index contributed by atoms with van der Waals surface area (Å²) in [6.07, 6.45) is 0.242. The lowest BCUT2D eigenvalue weighted by molar-refractivity contribution is -0.385. The second-order valence-corrected chi connectivity index (χ2v) is 6.24. The minimum Gasteiger partial charge on any atom is -0.464 e. The maximum atomic E-state index is 12.4. The van der Waals surface area contributed by atoms with Crippen molar-refractivity contribution in [2.75, 3.05) is 11.7 Å². The van der Waals surface area contributed by atoms with Crippen molar-refractivity contribution in [2.24, 2.45) is 0 Å². The highest BCUT2D eigenvalue weighted by Gasteiger charge is 2.51. The van der Waals surface area contributed by atoms with Crippen molar-refractivity contribution in [2.45, 2.75) is 31.9 Å². The van der Waals surface area contributed by atoms with Crippen LogP contribution in [-0.2, 0) is 14.4 Å². The largest absolute Gasteiger partial charge is 0.464 e. The smallest absolute Gasteiger partial charge is 0.340 e. The Morgan fingerprint density at radius 2 is 1.92 bits per heavy atom. The highest BCUT2D eigenvalue weighted by Crippen LogP contribution is 2.45. The third kappa shape index (κ3) is 3.25. The number of nitro benzene ring substituents is 1. The highest BCUT2D eigenvalue weighted by molar-refractivity contribution is 5.80. The van der Waals surface area contributed by atoms with Gasteiger partial charge in [-0.15, -0.1) is 0 Å². The van der Waals surface area contributed by atoms with E-state index in [0.29, 0.717) is 11.3 Å². The molecule has 0 saturated carbocycles. The summed E-state index contributed by atoms with van der Waals surface area (Å²) in [5.41, 5.74) is -0.0200. The van der Waals surface area contributed by atoms with Gasteiger partial charge in [0.05, 0.1) is 28.8 Å². The summed E-state index contributed by atoms with van der Waals surface area (Å²) < 4.78 is 5.15. The molecule has 0 bridgehead atoms. The van der Waals surface area contributed by atoms with Gasteiger partial charge in [0.25, 0.3) is 5.69 Å². The fraction of sp³-hybridized carbons (Fsp3) is 0.316. The van der Waals surface area contributed by atoms with Gasteiger partial charge < -0.3 is 4.74 Å². The standard InChI is InChI=1S/C19H20N2O5/c1-3-25-18(22)19(2)13-17(15-11-7-8-12-16(15)21(23)24)20(26-19)14-9-5-4-6-10-14/h4-12,17H,3,13H2,1-2H3/t17-,19-/m1/s1. The Kier molecular flexibility index (Phi) is 4.90. The number of carbonyl (C=O) groups is 1. The van der Waals surface area contributed by atoms with E-state index in [2.05, 4.69) is 0 Å². The van der Waals surface area contributed by atoms with E-state index < -0.39 is 22.5 Å². The van der Waals surface area contributed by atoms with Gasteiger partial charge in [-0.2, -0.15) is 0 Å². The van der Waals surface area contributed by atoms with Crippen LogP contribution in [0, 0.1) is 10.1 Å². The van der Waals surface area contributed by atoms with Crippen molar-refractivity contribution in [3.05, 3.63) is 70.3 Å². The lowest BCUT2D eigenvalue weighted by atomic mass is 9.93. The third-order valence-corrected chi connectivity index (χ3v) is 4.38. The van der Waals surface area contributed by atoms with E-state index in [1.54, 1.807) is 37.1 Å². The first-order chi connectivity index (χ1) is 12.5. The Morgan fingerprint density at radius 3 is 2.58 bits per heavy atom. The van der Waals surface area contributed by atoms with Crippen LogP contribution in [0.5, 0.6) is 0 Å². The van der Waals surface area contributed by atoms with Crippen LogP contribution in [0.3, 0.4) is 0 Å². The Labute approximate surface area is 151 Å². The number of esters is 1.